The van der Waals surface area contributed by atoms with Crippen molar-refractivity contribution in [3.8, 4) is 0 Å². The molecule has 3 rings (SSSR count). The lowest BCUT2D eigenvalue weighted by molar-refractivity contribution is -0.151. The first-order valence-electron chi connectivity index (χ1n) is 8.17. The molecule has 0 aromatic carbocycles. The normalized spacial score (nSPS) is 36.5. The number of aromatic amines is 1. The summed E-state index contributed by atoms with van der Waals surface area (Å²) in [6.07, 6.45) is -0.788. The molecule has 5 atom stereocenters. The third-order valence-corrected chi connectivity index (χ3v) is 8.65. The summed E-state index contributed by atoms with van der Waals surface area (Å²) in [6.45, 7) is 2.04. The monoisotopic (exact) mass is 490 g/mol. The highest BCUT2D eigenvalue weighted by molar-refractivity contribution is 7.72. The minimum Gasteiger partial charge on any atom is -0.457 e. The molecule has 0 saturated carbocycles. The van der Waals surface area contributed by atoms with Crippen LogP contribution in [-0.4, -0.2) is 50.7 Å². The molecular weight excluding hydrogens is 473 g/mol. The summed E-state index contributed by atoms with van der Waals surface area (Å²) in [5, 5.41) is 0. The van der Waals surface area contributed by atoms with Gasteiger partial charge in [0.2, 0.25) is 0 Å². The molecule has 2 unspecified atom stereocenters. The zero-order valence-corrected chi connectivity index (χ0v) is 18.1. The van der Waals surface area contributed by atoms with Crippen molar-refractivity contribution in [1.82, 2.24) is 9.55 Å². The molecule has 15 nitrogen and oxygen atoms in total. The van der Waals surface area contributed by atoms with Crippen molar-refractivity contribution in [2.45, 2.75) is 32.1 Å². The highest BCUT2D eigenvalue weighted by atomic mass is 31.3. The molecule has 0 bridgehead atoms. The van der Waals surface area contributed by atoms with Crippen molar-refractivity contribution in [3.05, 3.63) is 32.6 Å². The molecule has 0 spiro atoms. The number of aryl methyl sites for hydroxylation is 1. The molecule has 18 heteroatoms. The first-order valence-corrected chi connectivity index (χ1v) is 12.3. The van der Waals surface area contributed by atoms with E-state index in [4.69, 9.17) is 14.0 Å². The van der Waals surface area contributed by atoms with Crippen molar-refractivity contribution < 1.29 is 50.6 Å². The van der Waals surface area contributed by atoms with Crippen LogP contribution in [0, 0.1) is 6.92 Å². The van der Waals surface area contributed by atoms with E-state index in [1.165, 1.54) is 13.1 Å². The minimum atomic E-state index is -4.88. The highest BCUT2D eigenvalue weighted by Crippen LogP contribution is 2.76. The third kappa shape index (κ3) is 5.51. The Bertz CT molecular complexity index is 1010. The molecule has 2 aliphatic heterocycles. The number of carbonyl (C=O) groups excluding carboxylic acids is 1. The Balaban J connectivity index is 1.77. The average Bonchev–Trinajstić information content (AvgIpc) is 2.95. The minimum absolute atomic E-state index is 0.114. The zero-order valence-electron chi connectivity index (χ0n) is 15.4. The Morgan fingerprint density at radius 1 is 1.33 bits per heavy atom. The molecule has 1 aromatic rings. The van der Waals surface area contributed by atoms with Gasteiger partial charge in [0.25, 0.3) is 5.56 Å². The van der Waals surface area contributed by atoms with Crippen LogP contribution in [0.25, 0.3) is 0 Å². The third-order valence-electron chi connectivity index (χ3n) is 3.92. The van der Waals surface area contributed by atoms with Gasteiger partial charge in [0.1, 0.15) is 12.1 Å². The number of esters is 1. The van der Waals surface area contributed by atoms with Crippen LogP contribution in [0.5, 0.6) is 0 Å². The summed E-state index contributed by atoms with van der Waals surface area (Å²) >= 11 is 0. The van der Waals surface area contributed by atoms with Crippen LogP contribution < -0.4 is 11.2 Å². The summed E-state index contributed by atoms with van der Waals surface area (Å²) in [7, 11) is -12.5. The van der Waals surface area contributed by atoms with E-state index in [1.807, 2.05) is 0 Å². The Hall–Kier alpha value is -1.24. The fourth-order valence-corrected chi connectivity index (χ4v) is 6.94. The average molecular weight is 490 g/mol. The maximum Gasteiger partial charge on any atom is 0.488 e. The second-order valence-corrected chi connectivity index (χ2v) is 10.7. The van der Waals surface area contributed by atoms with Crippen LogP contribution >= 0.6 is 24.2 Å². The molecule has 1 aromatic heterocycles. The van der Waals surface area contributed by atoms with E-state index < -0.39 is 66.3 Å². The quantitative estimate of drug-likeness (QED) is 0.374. The second kappa shape index (κ2) is 8.71. The molecule has 0 aliphatic carbocycles. The maximum atomic E-state index is 12.2. The van der Waals surface area contributed by atoms with Crippen molar-refractivity contribution in [2.75, 3.05) is 13.2 Å². The van der Waals surface area contributed by atoms with Gasteiger partial charge in [-0.1, -0.05) is 0 Å². The lowest BCUT2D eigenvalue weighted by Crippen LogP contribution is -2.41. The Kier molecular flexibility index (Phi) is 6.80. The van der Waals surface area contributed by atoms with Gasteiger partial charge in [0.15, 0.2) is 6.10 Å². The molecule has 30 heavy (non-hydrogen) atoms. The largest absolute Gasteiger partial charge is 0.488 e. The number of hydrogen-bond donors (Lipinski definition) is 3. The molecule has 2 saturated heterocycles. The van der Waals surface area contributed by atoms with Crippen LogP contribution in [-0.2, 0) is 40.9 Å². The zero-order chi connectivity index (χ0) is 22.3. The number of nitrogens with one attached hydrogen (secondary N) is 1. The number of phosphoric acid groups is 2. The summed E-state index contributed by atoms with van der Waals surface area (Å²) in [5.74, 6) is -0.696. The van der Waals surface area contributed by atoms with E-state index in [2.05, 4.69) is 17.9 Å². The molecule has 0 radical (unpaired) electrons. The van der Waals surface area contributed by atoms with E-state index in [0.29, 0.717) is 0 Å². The van der Waals surface area contributed by atoms with Gasteiger partial charge < -0.3 is 23.8 Å². The number of ether oxygens (including phenoxy) is 2. The van der Waals surface area contributed by atoms with E-state index in [0.717, 1.165) is 11.5 Å². The predicted molar refractivity (Wildman–Crippen MR) is 96.2 cm³/mol. The van der Waals surface area contributed by atoms with Gasteiger partial charge in [0.05, 0.1) is 13.2 Å². The van der Waals surface area contributed by atoms with E-state index in [1.54, 1.807) is 0 Å². The van der Waals surface area contributed by atoms with E-state index in [-0.39, 0.29) is 12.2 Å². The molecular formula is C12H17N2O13P3. The van der Waals surface area contributed by atoms with Crippen LogP contribution in [0.1, 0.15) is 18.5 Å². The van der Waals surface area contributed by atoms with Gasteiger partial charge in [-0.25, -0.2) is 22.5 Å². The first kappa shape index (κ1) is 23.4. The Morgan fingerprint density at radius 3 is 2.57 bits per heavy atom. The molecule has 2 fully saturated rings. The number of hydrogen-bond acceptors (Lipinski definition) is 11. The van der Waals surface area contributed by atoms with E-state index >= 15 is 0 Å². The lowest BCUT2D eigenvalue weighted by atomic mass is 10.1. The van der Waals surface area contributed by atoms with Gasteiger partial charge in [-0.2, -0.15) is 4.31 Å². The number of carbonyl (C=O) groups is 1. The maximum absolute atomic E-state index is 12.2. The molecule has 0 amide bonds. The second-order valence-electron chi connectivity index (χ2n) is 6.19. The molecule has 168 valence electrons. The number of H-pyrrole nitrogens is 1. The van der Waals surface area contributed by atoms with Gasteiger partial charge in [-0.3, -0.25) is 19.1 Å². The molecule has 3 heterocycles. The fourth-order valence-electron chi connectivity index (χ4n) is 2.74. The number of rotatable bonds is 5. The standard InChI is InChI=1S/C12H17N2O13P3/c1-6-3-14(12(17)13-11(6)16)8-4-22-9(10(8)24-7(2)15)5-23-28-25-29(18,19)27-30(20,21)26-28/h3,8-10H,4-5H2,1-2H3,(H,18,19)(H,20,21)(H,13,16,17)/t8-,9-,10+/m0/s1. The van der Waals surface area contributed by atoms with Crippen molar-refractivity contribution >= 4 is 30.2 Å². The summed E-state index contributed by atoms with van der Waals surface area (Å²) in [5.41, 5.74) is -1.08. The molecule has 2 aliphatic rings. The van der Waals surface area contributed by atoms with Crippen molar-refractivity contribution in [3.63, 3.8) is 0 Å². The van der Waals surface area contributed by atoms with Crippen LogP contribution in [0.4, 0.5) is 0 Å². The lowest BCUT2D eigenvalue weighted by Gasteiger charge is -2.28. The van der Waals surface area contributed by atoms with Crippen LogP contribution in [0.15, 0.2) is 15.8 Å². The topological polar surface area (TPSA) is 202 Å². The summed E-state index contributed by atoms with van der Waals surface area (Å²) in [6, 6.07) is -0.831. The summed E-state index contributed by atoms with van der Waals surface area (Å²) < 4.78 is 52.8. The Morgan fingerprint density at radius 2 is 1.97 bits per heavy atom. The fraction of sp³-hybridized carbons (Fsp3) is 0.583. The van der Waals surface area contributed by atoms with E-state index in [9.17, 15) is 33.3 Å². The predicted octanol–water partition coefficient (Wildman–Crippen LogP) is 0.224. The first-order chi connectivity index (χ1) is 13.9. The Labute approximate surface area is 169 Å². The van der Waals surface area contributed by atoms with Gasteiger partial charge in [0, 0.05) is 18.7 Å². The summed E-state index contributed by atoms with van der Waals surface area (Å²) in [4.78, 5) is 56.0. The van der Waals surface area contributed by atoms with Crippen LogP contribution in [0.3, 0.4) is 0 Å². The van der Waals surface area contributed by atoms with Gasteiger partial charge in [-0.05, 0) is 6.92 Å². The van der Waals surface area contributed by atoms with Crippen molar-refractivity contribution in [2.24, 2.45) is 0 Å². The van der Waals surface area contributed by atoms with Gasteiger partial charge in [-0.15, -0.1) is 0 Å². The number of nitrogens with zero attached hydrogens (tertiary/aromatic N) is 1. The van der Waals surface area contributed by atoms with Gasteiger partial charge >= 0.3 is 35.9 Å². The highest BCUT2D eigenvalue weighted by Gasteiger charge is 2.49. The molecule has 3 N–H and O–H groups in total. The number of aromatic nitrogens is 2. The SMILES string of the molecule is CC(=O)O[C@H]1[C@H](COP2OP(=O)(O)OP(=O)(O)O2)OC[C@@H]1n1cc(C)c(=O)[nH]c1=O. The van der Waals surface area contributed by atoms with Crippen LogP contribution in [0.2, 0.25) is 0 Å². The van der Waals surface area contributed by atoms with Crippen molar-refractivity contribution in [1.29, 1.82) is 0 Å². The smallest absolute Gasteiger partial charge is 0.457 e.